The molecule has 6 heteroatoms. The molecule has 0 fully saturated rings. The summed E-state index contributed by atoms with van der Waals surface area (Å²) in [5.41, 5.74) is 1.56. The number of nitrogens with zero attached hydrogens (tertiary/aromatic N) is 1. The zero-order valence-corrected chi connectivity index (χ0v) is 13.5. The minimum Gasteiger partial charge on any atom is -0.322 e. The van der Waals surface area contributed by atoms with Gasteiger partial charge in [-0.05, 0) is 36.2 Å². The van der Waals surface area contributed by atoms with E-state index in [0.29, 0.717) is 11.8 Å². The van der Waals surface area contributed by atoms with Crippen LogP contribution in [0.25, 0.3) is 0 Å². The largest absolute Gasteiger partial charge is 0.322 e. The van der Waals surface area contributed by atoms with Gasteiger partial charge in [-0.1, -0.05) is 19.1 Å². The van der Waals surface area contributed by atoms with E-state index in [1.54, 1.807) is 12.1 Å². The van der Waals surface area contributed by atoms with Crippen molar-refractivity contribution < 1.29 is 18.4 Å². The van der Waals surface area contributed by atoms with E-state index >= 15 is 0 Å². The first-order valence-electron chi connectivity index (χ1n) is 7.52. The fourth-order valence-electron chi connectivity index (χ4n) is 2.22. The molecule has 0 aromatic heterocycles. The topological polar surface area (TPSA) is 49.4 Å². The highest BCUT2D eigenvalue weighted by molar-refractivity contribution is 6.01. The Balaban J connectivity index is 2.11. The smallest absolute Gasteiger partial charge is 0.244 e. The summed E-state index contributed by atoms with van der Waals surface area (Å²) in [6, 6.07) is 10.1. The summed E-state index contributed by atoms with van der Waals surface area (Å²) < 4.78 is 26.5. The summed E-state index contributed by atoms with van der Waals surface area (Å²) in [5, 5.41) is 2.34. The Morgan fingerprint density at radius 3 is 2.29 bits per heavy atom. The number of carbonyl (C=O) groups excluding carboxylic acids is 2. The molecule has 24 heavy (non-hydrogen) atoms. The van der Waals surface area contributed by atoms with Crippen LogP contribution in [0.15, 0.2) is 42.5 Å². The molecule has 0 heterocycles. The SMILES string of the molecule is CCc1ccc(N(CC(=O)Nc2ccc(F)cc2F)C(C)=O)cc1. The van der Waals surface area contributed by atoms with E-state index in [9.17, 15) is 18.4 Å². The molecule has 2 aromatic carbocycles. The summed E-state index contributed by atoms with van der Waals surface area (Å²) in [5.74, 6) is -2.49. The zero-order chi connectivity index (χ0) is 17.7. The fraction of sp³-hybridized carbons (Fsp3) is 0.222. The highest BCUT2D eigenvalue weighted by atomic mass is 19.1. The Hall–Kier alpha value is -2.76. The molecular formula is C18H18F2N2O2. The fourth-order valence-corrected chi connectivity index (χ4v) is 2.22. The summed E-state index contributed by atoms with van der Waals surface area (Å²) in [7, 11) is 0. The first-order valence-corrected chi connectivity index (χ1v) is 7.52. The van der Waals surface area contributed by atoms with Crippen molar-refractivity contribution in [3.8, 4) is 0 Å². The van der Waals surface area contributed by atoms with Crippen LogP contribution in [-0.4, -0.2) is 18.4 Å². The molecule has 4 nitrogen and oxygen atoms in total. The van der Waals surface area contributed by atoms with Gasteiger partial charge in [-0.2, -0.15) is 0 Å². The lowest BCUT2D eigenvalue weighted by molar-refractivity contribution is -0.120. The van der Waals surface area contributed by atoms with Gasteiger partial charge in [0.1, 0.15) is 18.2 Å². The van der Waals surface area contributed by atoms with Crippen LogP contribution in [0, 0.1) is 11.6 Å². The van der Waals surface area contributed by atoms with Crippen LogP contribution in [0.1, 0.15) is 19.4 Å². The van der Waals surface area contributed by atoms with E-state index in [4.69, 9.17) is 0 Å². The van der Waals surface area contributed by atoms with Gasteiger partial charge in [0, 0.05) is 18.7 Å². The van der Waals surface area contributed by atoms with Gasteiger partial charge in [-0.3, -0.25) is 9.59 Å². The van der Waals surface area contributed by atoms with Crippen molar-refractivity contribution in [2.24, 2.45) is 0 Å². The Labute approximate surface area is 139 Å². The van der Waals surface area contributed by atoms with Crippen LogP contribution >= 0.6 is 0 Å². The second-order valence-corrected chi connectivity index (χ2v) is 5.30. The first-order chi connectivity index (χ1) is 11.4. The Bertz CT molecular complexity index is 745. The number of nitrogens with one attached hydrogen (secondary N) is 1. The van der Waals surface area contributed by atoms with Gasteiger partial charge in [0.2, 0.25) is 11.8 Å². The van der Waals surface area contributed by atoms with E-state index in [1.807, 2.05) is 19.1 Å². The molecule has 0 radical (unpaired) electrons. The third-order valence-electron chi connectivity index (χ3n) is 3.54. The molecule has 0 spiro atoms. The Kier molecular flexibility index (Phi) is 5.63. The van der Waals surface area contributed by atoms with E-state index in [2.05, 4.69) is 5.32 Å². The van der Waals surface area contributed by atoms with E-state index in [0.717, 1.165) is 24.1 Å². The number of amides is 2. The number of carbonyl (C=O) groups is 2. The Morgan fingerprint density at radius 2 is 1.75 bits per heavy atom. The average Bonchev–Trinajstić information content (AvgIpc) is 2.55. The van der Waals surface area contributed by atoms with Gasteiger partial charge in [0.15, 0.2) is 0 Å². The lowest BCUT2D eigenvalue weighted by Gasteiger charge is -2.21. The van der Waals surface area contributed by atoms with Crippen LogP contribution in [-0.2, 0) is 16.0 Å². The molecule has 0 saturated carbocycles. The van der Waals surface area contributed by atoms with Gasteiger partial charge in [0.05, 0.1) is 5.69 Å². The minimum atomic E-state index is -0.870. The second-order valence-electron chi connectivity index (χ2n) is 5.30. The number of aryl methyl sites for hydroxylation is 1. The van der Waals surface area contributed by atoms with Crippen molar-refractivity contribution in [2.75, 3.05) is 16.8 Å². The summed E-state index contributed by atoms with van der Waals surface area (Å²) in [6.07, 6.45) is 0.866. The molecule has 1 N–H and O–H groups in total. The number of hydrogen-bond acceptors (Lipinski definition) is 2. The summed E-state index contributed by atoms with van der Waals surface area (Å²) in [4.78, 5) is 25.2. The summed E-state index contributed by atoms with van der Waals surface area (Å²) >= 11 is 0. The number of rotatable bonds is 5. The number of benzene rings is 2. The average molecular weight is 332 g/mol. The first kappa shape index (κ1) is 17.6. The maximum absolute atomic E-state index is 13.6. The molecule has 2 rings (SSSR count). The van der Waals surface area contributed by atoms with Crippen molar-refractivity contribution in [2.45, 2.75) is 20.3 Å². The van der Waals surface area contributed by atoms with E-state index < -0.39 is 17.5 Å². The van der Waals surface area contributed by atoms with Crippen molar-refractivity contribution in [3.63, 3.8) is 0 Å². The second kappa shape index (κ2) is 7.68. The predicted molar refractivity (Wildman–Crippen MR) is 88.8 cm³/mol. The molecule has 0 aliphatic rings. The Morgan fingerprint density at radius 1 is 1.08 bits per heavy atom. The molecular weight excluding hydrogens is 314 g/mol. The highest BCUT2D eigenvalue weighted by Gasteiger charge is 2.17. The molecule has 0 aliphatic heterocycles. The van der Waals surface area contributed by atoms with Crippen LogP contribution < -0.4 is 10.2 Å². The maximum atomic E-state index is 13.6. The highest BCUT2D eigenvalue weighted by Crippen LogP contribution is 2.18. The zero-order valence-electron chi connectivity index (χ0n) is 13.5. The van der Waals surface area contributed by atoms with Crippen LogP contribution in [0.5, 0.6) is 0 Å². The molecule has 2 amide bonds. The van der Waals surface area contributed by atoms with Crippen LogP contribution in [0.3, 0.4) is 0 Å². The maximum Gasteiger partial charge on any atom is 0.244 e. The quantitative estimate of drug-likeness (QED) is 0.911. The molecule has 0 bridgehead atoms. The molecule has 126 valence electrons. The van der Waals surface area contributed by atoms with E-state index in [-0.39, 0.29) is 18.1 Å². The van der Waals surface area contributed by atoms with Crippen molar-refractivity contribution >= 4 is 23.2 Å². The summed E-state index contributed by atoms with van der Waals surface area (Å²) in [6.45, 7) is 3.10. The monoisotopic (exact) mass is 332 g/mol. The predicted octanol–water partition coefficient (Wildman–Crippen LogP) is 3.52. The number of hydrogen-bond donors (Lipinski definition) is 1. The third-order valence-corrected chi connectivity index (χ3v) is 3.54. The van der Waals surface area contributed by atoms with Gasteiger partial charge in [0.25, 0.3) is 0 Å². The van der Waals surface area contributed by atoms with Crippen molar-refractivity contribution in [3.05, 3.63) is 59.7 Å². The minimum absolute atomic E-state index is 0.133. The number of anilines is 2. The molecule has 0 saturated heterocycles. The van der Waals surface area contributed by atoms with E-state index in [1.165, 1.54) is 11.8 Å². The van der Waals surface area contributed by atoms with Crippen molar-refractivity contribution in [1.82, 2.24) is 0 Å². The van der Waals surface area contributed by atoms with Crippen molar-refractivity contribution in [1.29, 1.82) is 0 Å². The molecule has 2 aromatic rings. The van der Waals surface area contributed by atoms with Crippen LogP contribution in [0.2, 0.25) is 0 Å². The molecule has 0 atom stereocenters. The van der Waals surface area contributed by atoms with Gasteiger partial charge in [-0.15, -0.1) is 0 Å². The lowest BCUT2D eigenvalue weighted by Crippen LogP contribution is -2.36. The molecule has 0 unspecified atom stereocenters. The van der Waals surface area contributed by atoms with Gasteiger partial charge >= 0.3 is 0 Å². The normalized spacial score (nSPS) is 10.3. The third kappa shape index (κ3) is 4.38. The standard InChI is InChI=1S/C18H18F2N2O2/c1-3-13-4-7-15(8-5-13)22(12(2)23)11-18(24)21-17-9-6-14(19)10-16(17)20/h4-10H,3,11H2,1-2H3,(H,21,24). The number of halogens is 2. The van der Waals surface area contributed by atoms with Crippen LogP contribution in [0.4, 0.5) is 20.2 Å². The molecule has 0 aliphatic carbocycles. The van der Waals surface area contributed by atoms with Gasteiger partial charge in [-0.25, -0.2) is 8.78 Å². The lowest BCUT2D eigenvalue weighted by atomic mass is 10.1. The van der Waals surface area contributed by atoms with Gasteiger partial charge < -0.3 is 10.2 Å².